The van der Waals surface area contributed by atoms with Crippen LogP contribution in [0.15, 0.2) is 35.0 Å². The Labute approximate surface area is 77.3 Å². The molecule has 3 nitrogen and oxygen atoms in total. The lowest BCUT2D eigenvalue weighted by Crippen LogP contribution is -2.34. The highest BCUT2D eigenvalue weighted by Gasteiger charge is 2.13. The van der Waals surface area contributed by atoms with E-state index in [2.05, 4.69) is 4.90 Å². The first kappa shape index (κ1) is 8.53. The number of aliphatic hydroxyl groups excluding tert-OH is 1. The van der Waals surface area contributed by atoms with E-state index in [9.17, 15) is 5.11 Å². The topological polar surface area (TPSA) is 36.6 Å². The molecular formula is C10H13NO2. The smallest absolute Gasteiger partial charge is 0.117 e. The molecule has 1 aromatic rings. The summed E-state index contributed by atoms with van der Waals surface area (Å²) in [6, 6.07) is 3.83. The lowest BCUT2D eigenvalue weighted by atomic mass is 10.2. The number of rotatable bonds is 2. The maximum absolute atomic E-state index is 9.35. The highest BCUT2D eigenvalue weighted by molar-refractivity contribution is 5.02. The van der Waals surface area contributed by atoms with E-state index in [1.54, 1.807) is 6.26 Å². The molecule has 2 heterocycles. The molecule has 0 saturated carbocycles. The second-order valence-electron chi connectivity index (χ2n) is 3.27. The van der Waals surface area contributed by atoms with Crippen molar-refractivity contribution in [2.24, 2.45) is 0 Å². The van der Waals surface area contributed by atoms with E-state index in [0.29, 0.717) is 6.54 Å². The summed E-state index contributed by atoms with van der Waals surface area (Å²) in [6.45, 7) is 2.35. The van der Waals surface area contributed by atoms with Crippen molar-refractivity contribution in [2.45, 2.75) is 12.6 Å². The first-order chi connectivity index (χ1) is 6.34. The third-order valence-corrected chi connectivity index (χ3v) is 2.13. The first-order valence-electron chi connectivity index (χ1n) is 4.44. The number of hydrogen-bond acceptors (Lipinski definition) is 3. The third-order valence-electron chi connectivity index (χ3n) is 2.13. The van der Waals surface area contributed by atoms with Gasteiger partial charge in [0.15, 0.2) is 0 Å². The SMILES string of the molecule is OC1C=CCN(Cc2ccco2)C1. The van der Waals surface area contributed by atoms with Crippen LogP contribution in [0.5, 0.6) is 0 Å². The van der Waals surface area contributed by atoms with Crippen LogP contribution in [0.4, 0.5) is 0 Å². The molecule has 70 valence electrons. The zero-order valence-electron chi connectivity index (χ0n) is 7.39. The molecule has 1 N–H and O–H groups in total. The zero-order valence-corrected chi connectivity index (χ0v) is 7.39. The predicted octanol–water partition coefficient (Wildman–Crippen LogP) is 1.01. The van der Waals surface area contributed by atoms with Crippen LogP contribution in [0.1, 0.15) is 5.76 Å². The van der Waals surface area contributed by atoms with Crippen molar-refractivity contribution in [3.8, 4) is 0 Å². The molecule has 2 rings (SSSR count). The van der Waals surface area contributed by atoms with Gasteiger partial charge in [0.1, 0.15) is 5.76 Å². The van der Waals surface area contributed by atoms with Crippen LogP contribution in [0, 0.1) is 0 Å². The summed E-state index contributed by atoms with van der Waals surface area (Å²) in [5.74, 6) is 0.947. The Hall–Kier alpha value is -1.06. The standard InChI is InChI=1S/C10H13NO2/c12-9-3-1-5-11(7-9)8-10-4-2-6-13-10/h1-4,6,9,12H,5,7-8H2. The minimum absolute atomic E-state index is 0.330. The molecule has 1 aliphatic heterocycles. The molecule has 0 saturated heterocycles. The largest absolute Gasteiger partial charge is 0.468 e. The fourth-order valence-corrected chi connectivity index (χ4v) is 1.52. The van der Waals surface area contributed by atoms with Crippen LogP contribution in [0.2, 0.25) is 0 Å². The Morgan fingerprint density at radius 3 is 3.23 bits per heavy atom. The van der Waals surface area contributed by atoms with Gasteiger partial charge in [-0.2, -0.15) is 0 Å². The molecule has 0 radical (unpaired) electrons. The lowest BCUT2D eigenvalue weighted by molar-refractivity contribution is 0.135. The van der Waals surface area contributed by atoms with Crippen molar-refractivity contribution in [1.82, 2.24) is 4.90 Å². The van der Waals surface area contributed by atoms with Crippen LogP contribution >= 0.6 is 0 Å². The second kappa shape index (κ2) is 3.77. The van der Waals surface area contributed by atoms with Gasteiger partial charge in [-0.05, 0) is 12.1 Å². The first-order valence-corrected chi connectivity index (χ1v) is 4.44. The van der Waals surface area contributed by atoms with Crippen molar-refractivity contribution >= 4 is 0 Å². The molecule has 0 aliphatic carbocycles. The van der Waals surface area contributed by atoms with Gasteiger partial charge in [-0.15, -0.1) is 0 Å². The molecule has 0 fully saturated rings. The Kier molecular flexibility index (Phi) is 2.47. The number of β-amino-alcohol motifs (C(OH)–C–C–N with tert-alkyl or cyclic N) is 1. The van der Waals surface area contributed by atoms with Crippen LogP contribution in [-0.4, -0.2) is 29.2 Å². The molecular weight excluding hydrogens is 166 g/mol. The zero-order chi connectivity index (χ0) is 9.10. The highest BCUT2D eigenvalue weighted by atomic mass is 16.3. The van der Waals surface area contributed by atoms with Gasteiger partial charge in [-0.25, -0.2) is 0 Å². The molecule has 13 heavy (non-hydrogen) atoms. The fourth-order valence-electron chi connectivity index (χ4n) is 1.52. The minimum Gasteiger partial charge on any atom is -0.468 e. The monoisotopic (exact) mass is 179 g/mol. The van der Waals surface area contributed by atoms with Crippen LogP contribution < -0.4 is 0 Å². The maximum atomic E-state index is 9.35. The Balaban J connectivity index is 1.93. The molecule has 0 spiro atoms. The van der Waals surface area contributed by atoms with E-state index in [-0.39, 0.29) is 6.10 Å². The van der Waals surface area contributed by atoms with Gasteiger partial charge in [0.05, 0.1) is 18.9 Å². The van der Waals surface area contributed by atoms with Crippen molar-refractivity contribution in [3.05, 3.63) is 36.3 Å². The third kappa shape index (κ3) is 2.20. The summed E-state index contributed by atoms with van der Waals surface area (Å²) in [4.78, 5) is 2.14. The van der Waals surface area contributed by atoms with E-state index < -0.39 is 0 Å². The molecule has 0 aromatic carbocycles. The van der Waals surface area contributed by atoms with Gasteiger partial charge in [0.2, 0.25) is 0 Å². The summed E-state index contributed by atoms with van der Waals surface area (Å²) in [5.41, 5.74) is 0. The van der Waals surface area contributed by atoms with E-state index in [4.69, 9.17) is 4.42 Å². The Bertz CT molecular complexity index is 279. The van der Waals surface area contributed by atoms with Crippen molar-refractivity contribution in [2.75, 3.05) is 13.1 Å². The second-order valence-corrected chi connectivity index (χ2v) is 3.27. The molecule has 0 bridgehead atoms. The molecule has 1 atom stereocenters. The molecule has 1 unspecified atom stereocenters. The summed E-state index contributed by atoms with van der Waals surface area (Å²) in [5, 5.41) is 9.35. The van der Waals surface area contributed by atoms with Gasteiger partial charge in [0, 0.05) is 13.1 Å². The summed E-state index contributed by atoms with van der Waals surface area (Å²) < 4.78 is 5.22. The van der Waals surface area contributed by atoms with Gasteiger partial charge >= 0.3 is 0 Å². The van der Waals surface area contributed by atoms with Gasteiger partial charge in [-0.1, -0.05) is 12.2 Å². The van der Waals surface area contributed by atoms with Crippen LogP contribution in [-0.2, 0) is 6.54 Å². The van der Waals surface area contributed by atoms with E-state index >= 15 is 0 Å². The van der Waals surface area contributed by atoms with Crippen LogP contribution in [0.3, 0.4) is 0 Å². The van der Waals surface area contributed by atoms with Gasteiger partial charge < -0.3 is 9.52 Å². The quantitative estimate of drug-likeness (QED) is 0.688. The summed E-state index contributed by atoms with van der Waals surface area (Å²) in [7, 11) is 0. The van der Waals surface area contributed by atoms with E-state index in [1.807, 2.05) is 24.3 Å². The minimum atomic E-state index is -0.330. The number of hydrogen-bond donors (Lipinski definition) is 1. The Morgan fingerprint density at radius 2 is 2.54 bits per heavy atom. The van der Waals surface area contributed by atoms with Crippen molar-refractivity contribution in [3.63, 3.8) is 0 Å². The average molecular weight is 179 g/mol. The Morgan fingerprint density at radius 1 is 1.62 bits per heavy atom. The van der Waals surface area contributed by atoms with Crippen molar-refractivity contribution < 1.29 is 9.52 Å². The summed E-state index contributed by atoms with van der Waals surface area (Å²) >= 11 is 0. The van der Waals surface area contributed by atoms with Crippen molar-refractivity contribution in [1.29, 1.82) is 0 Å². The maximum Gasteiger partial charge on any atom is 0.117 e. The van der Waals surface area contributed by atoms with Crippen LogP contribution in [0.25, 0.3) is 0 Å². The normalized spacial score (nSPS) is 23.6. The number of nitrogens with zero attached hydrogens (tertiary/aromatic N) is 1. The number of furan rings is 1. The predicted molar refractivity (Wildman–Crippen MR) is 49.1 cm³/mol. The molecule has 1 aliphatic rings. The molecule has 0 amide bonds. The highest BCUT2D eigenvalue weighted by Crippen LogP contribution is 2.09. The van der Waals surface area contributed by atoms with Gasteiger partial charge in [-0.3, -0.25) is 4.90 Å². The number of aliphatic hydroxyl groups is 1. The van der Waals surface area contributed by atoms with E-state index in [1.165, 1.54) is 0 Å². The van der Waals surface area contributed by atoms with E-state index in [0.717, 1.165) is 18.8 Å². The fraction of sp³-hybridized carbons (Fsp3) is 0.400. The molecule has 1 aromatic heterocycles. The summed E-state index contributed by atoms with van der Waals surface area (Å²) in [6.07, 6.45) is 5.16. The average Bonchev–Trinajstić information content (AvgIpc) is 2.57. The molecule has 3 heteroatoms. The lowest BCUT2D eigenvalue weighted by Gasteiger charge is -2.24. The van der Waals surface area contributed by atoms with Gasteiger partial charge in [0.25, 0.3) is 0 Å².